The van der Waals surface area contributed by atoms with Gasteiger partial charge < -0.3 is 19.3 Å². The monoisotopic (exact) mass is 384 g/mol. The lowest BCUT2D eigenvalue weighted by Crippen LogP contribution is -2.51. The molecule has 6 heteroatoms. The van der Waals surface area contributed by atoms with Gasteiger partial charge in [-0.3, -0.25) is 4.79 Å². The molecule has 1 aliphatic carbocycles. The Morgan fingerprint density at radius 3 is 2.25 bits per heavy atom. The van der Waals surface area contributed by atoms with E-state index in [2.05, 4.69) is 0 Å². The molecule has 0 N–H and O–H groups in total. The van der Waals surface area contributed by atoms with Crippen molar-refractivity contribution in [1.82, 2.24) is 4.90 Å². The second-order valence-electron chi connectivity index (χ2n) is 7.38. The van der Waals surface area contributed by atoms with Crippen LogP contribution in [-0.4, -0.2) is 51.2 Å². The SMILES string of the molecule is COc1ccc(C2(C(=O)N3CCN(c4ccccc4F)CC3)CC2)cc1OC. The summed E-state index contributed by atoms with van der Waals surface area (Å²) in [6.07, 6.45) is 1.68. The first kappa shape index (κ1) is 18.6. The standard InChI is InChI=1S/C22H25FN2O3/c1-27-19-8-7-16(15-20(19)28-2)22(9-10-22)21(26)25-13-11-24(12-14-25)18-6-4-3-5-17(18)23/h3-8,15H,9-14H2,1-2H3. The smallest absolute Gasteiger partial charge is 0.233 e. The molecule has 2 fully saturated rings. The molecule has 28 heavy (non-hydrogen) atoms. The molecule has 1 saturated heterocycles. The Morgan fingerprint density at radius 2 is 1.64 bits per heavy atom. The number of hydrogen-bond donors (Lipinski definition) is 0. The molecular formula is C22H25FN2O3. The van der Waals surface area contributed by atoms with Crippen molar-refractivity contribution >= 4 is 11.6 Å². The molecule has 2 aromatic rings. The molecule has 0 radical (unpaired) electrons. The number of carbonyl (C=O) groups is 1. The zero-order valence-electron chi connectivity index (χ0n) is 16.3. The van der Waals surface area contributed by atoms with E-state index in [1.807, 2.05) is 34.1 Å². The van der Waals surface area contributed by atoms with Gasteiger partial charge >= 0.3 is 0 Å². The number of para-hydroxylation sites is 1. The van der Waals surface area contributed by atoms with Crippen LogP contribution in [-0.2, 0) is 10.2 Å². The Kier molecular flexibility index (Phi) is 4.87. The van der Waals surface area contributed by atoms with Crippen molar-refractivity contribution in [3.8, 4) is 11.5 Å². The first-order valence-electron chi connectivity index (χ1n) is 9.60. The summed E-state index contributed by atoms with van der Waals surface area (Å²) in [5.74, 6) is 1.25. The maximum atomic E-state index is 14.0. The summed E-state index contributed by atoms with van der Waals surface area (Å²) in [4.78, 5) is 17.2. The highest BCUT2D eigenvalue weighted by Crippen LogP contribution is 2.51. The molecule has 2 aromatic carbocycles. The van der Waals surface area contributed by atoms with Gasteiger partial charge in [0.15, 0.2) is 11.5 Å². The summed E-state index contributed by atoms with van der Waals surface area (Å²) in [5, 5.41) is 0. The summed E-state index contributed by atoms with van der Waals surface area (Å²) in [7, 11) is 3.20. The lowest BCUT2D eigenvalue weighted by molar-refractivity contribution is -0.134. The topological polar surface area (TPSA) is 42.0 Å². The zero-order valence-corrected chi connectivity index (χ0v) is 16.3. The van der Waals surface area contributed by atoms with Crippen molar-refractivity contribution < 1.29 is 18.7 Å². The Balaban J connectivity index is 1.48. The van der Waals surface area contributed by atoms with Crippen molar-refractivity contribution in [1.29, 1.82) is 0 Å². The summed E-state index contributed by atoms with van der Waals surface area (Å²) < 4.78 is 24.8. The molecule has 0 atom stereocenters. The highest BCUT2D eigenvalue weighted by Gasteiger charge is 2.53. The van der Waals surface area contributed by atoms with Gasteiger partial charge in [0, 0.05) is 26.2 Å². The van der Waals surface area contributed by atoms with E-state index in [4.69, 9.17) is 9.47 Å². The van der Waals surface area contributed by atoms with Crippen LogP contribution in [0.5, 0.6) is 11.5 Å². The fraction of sp³-hybridized carbons (Fsp3) is 0.409. The number of carbonyl (C=O) groups excluding carboxylic acids is 1. The van der Waals surface area contributed by atoms with E-state index in [0.717, 1.165) is 18.4 Å². The van der Waals surface area contributed by atoms with E-state index in [1.165, 1.54) is 6.07 Å². The van der Waals surface area contributed by atoms with Crippen LogP contribution in [0.1, 0.15) is 18.4 Å². The van der Waals surface area contributed by atoms with Gasteiger partial charge in [-0.05, 0) is 42.7 Å². The molecule has 1 amide bonds. The number of piperazine rings is 1. The third kappa shape index (κ3) is 3.17. The summed E-state index contributed by atoms with van der Waals surface area (Å²) >= 11 is 0. The van der Waals surface area contributed by atoms with Crippen LogP contribution >= 0.6 is 0 Å². The average molecular weight is 384 g/mol. The normalized spacial score (nSPS) is 18.0. The zero-order chi connectivity index (χ0) is 19.7. The molecule has 0 unspecified atom stereocenters. The Bertz CT molecular complexity index is 874. The second kappa shape index (κ2) is 7.34. The molecule has 2 aliphatic rings. The molecule has 1 saturated carbocycles. The van der Waals surface area contributed by atoms with E-state index < -0.39 is 5.41 Å². The van der Waals surface area contributed by atoms with Crippen LogP contribution in [0.25, 0.3) is 0 Å². The van der Waals surface area contributed by atoms with Gasteiger partial charge in [0.25, 0.3) is 0 Å². The van der Waals surface area contributed by atoms with Gasteiger partial charge in [-0.15, -0.1) is 0 Å². The van der Waals surface area contributed by atoms with E-state index in [9.17, 15) is 9.18 Å². The van der Waals surface area contributed by atoms with Gasteiger partial charge in [0.05, 0.1) is 25.3 Å². The number of rotatable bonds is 5. The third-order valence-corrected chi connectivity index (χ3v) is 5.86. The molecule has 148 valence electrons. The third-order valence-electron chi connectivity index (χ3n) is 5.86. The number of anilines is 1. The number of halogens is 1. The van der Waals surface area contributed by atoms with Crippen LogP contribution in [0.2, 0.25) is 0 Å². The maximum Gasteiger partial charge on any atom is 0.233 e. The van der Waals surface area contributed by atoms with Gasteiger partial charge in [-0.1, -0.05) is 18.2 Å². The van der Waals surface area contributed by atoms with Gasteiger partial charge in [-0.2, -0.15) is 0 Å². The number of nitrogens with zero attached hydrogens (tertiary/aromatic N) is 2. The minimum Gasteiger partial charge on any atom is -0.493 e. The van der Waals surface area contributed by atoms with Crippen molar-refractivity contribution in [2.24, 2.45) is 0 Å². The van der Waals surface area contributed by atoms with Crippen molar-refractivity contribution in [2.45, 2.75) is 18.3 Å². The van der Waals surface area contributed by atoms with E-state index in [-0.39, 0.29) is 11.7 Å². The highest BCUT2D eigenvalue weighted by molar-refractivity contribution is 5.91. The Labute approximate surface area is 164 Å². The van der Waals surface area contributed by atoms with Crippen LogP contribution in [0.3, 0.4) is 0 Å². The molecular weight excluding hydrogens is 359 g/mol. The van der Waals surface area contributed by atoms with Gasteiger partial charge in [-0.25, -0.2) is 4.39 Å². The molecule has 0 spiro atoms. The minimum absolute atomic E-state index is 0.160. The maximum absolute atomic E-state index is 14.0. The predicted molar refractivity (Wildman–Crippen MR) is 106 cm³/mol. The number of methoxy groups -OCH3 is 2. The summed E-state index contributed by atoms with van der Waals surface area (Å²) in [6.45, 7) is 2.47. The largest absolute Gasteiger partial charge is 0.493 e. The van der Waals surface area contributed by atoms with Gasteiger partial charge in [0.2, 0.25) is 5.91 Å². The second-order valence-corrected chi connectivity index (χ2v) is 7.38. The van der Waals surface area contributed by atoms with Crippen LogP contribution in [0, 0.1) is 5.82 Å². The number of hydrogen-bond acceptors (Lipinski definition) is 4. The first-order chi connectivity index (χ1) is 13.6. The number of amides is 1. The lowest BCUT2D eigenvalue weighted by atomic mass is 9.93. The first-order valence-corrected chi connectivity index (χ1v) is 9.60. The fourth-order valence-electron chi connectivity index (χ4n) is 4.05. The van der Waals surface area contributed by atoms with Gasteiger partial charge in [0.1, 0.15) is 5.82 Å². The Morgan fingerprint density at radius 1 is 0.964 bits per heavy atom. The van der Waals surface area contributed by atoms with E-state index in [1.54, 1.807) is 26.4 Å². The predicted octanol–water partition coefficient (Wildman–Crippen LogP) is 3.22. The number of benzene rings is 2. The van der Waals surface area contributed by atoms with E-state index in [0.29, 0.717) is 43.4 Å². The van der Waals surface area contributed by atoms with Crippen LogP contribution in [0.15, 0.2) is 42.5 Å². The number of ether oxygens (including phenoxy) is 2. The minimum atomic E-state index is -0.459. The van der Waals surface area contributed by atoms with Crippen molar-refractivity contribution in [3.05, 3.63) is 53.8 Å². The molecule has 5 nitrogen and oxygen atoms in total. The molecule has 1 aliphatic heterocycles. The Hall–Kier alpha value is -2.76. The highest BCUT2D eigenvalue weighted by atomic mass is 19.1. The van der Waals surface area contributed by atoms with Crippen molar-refractivity contribution in [2.75, 3.05) is 45.3 Å². The summed E-state index contributed by atoms with van der Waals surface area (Å²) in [6, 6.07) is 12.5. The van der Waals surface area contributed by atoms with Crippen LogP contribution in [0.4, 0.5) is 10.1 Å². The average Bonchev–Trinajstić information content (AvgIpc) is 3.55. The van der Waals surface area contributed by atoms with E-state index >= 15 is 0 Å². The molecule has 4 rings (SSSR count). The van der Waals surface area contributed by atoms with Crippen LogP contribution < -0.4 is 14.4 Å². The molecule has 0 bridgehead atoms. The molecule has 1 heterocycles. The quantitative estimate of drug-likeness (QED) is 0.794. The van der Waals surface area contributed by atoms with Crippen molar-refractivity contribution in [3.63, 3.8) is 0 Å². The lowest BCUT2D eigenvalue weighted by Gasteiger charge is -2.38. The fourth-order valence-corrected chi connectivity index (χ4v) is 4.05. The molecule has 0 aromatic heterocycles. The summed E-state index contributed by atoms with van der Waals surface area (Å²) in [5.41, 5.74) is 1.13.